The van der Waals surface area contributed by atoms with Crippen LogP contribution in [0.2, 0.25) is 0 Å². The van der Waals surface area contributed by atoms with Crippen LogP contribution in [0, 0.1) is 3.57 Å². The topological polar surface area (TPSA) is 29.1 Å². The minimum absolute atomic E-state index is 0.0775. The summed E-state index contributed by atoms with van der Waals surface area (Å²) in [6.07, 6.45) is 0. The highest BCUT2D eigenvalue weighted by Crippen LogP contribution is 2.24. The van der Waals surface area contributed by atoms with Crippen LogP contribution in [0.3, 0.4) is 0 Å². The van der Waals surface area contributed by atoms with Gasteiger partial charge in [-0.1, -0.05) is 48.5 Å². The van der Waals surface area contributed by atoms with Gasteiger partial charge in [-0.05, 0) is 46.2 Å². The third-order valence-corrected chi connectivity index (χ3v) is 4.10. The van der Waals surface area contributed by atoms with Gasteiger partial charge in [-0.3, -0.25) is 4.79 Å². The smallest absolute Gasteiger partial charge is 0.256 e. The van der Waals surface area contributed by atoms with E-state index in [9.17, 15) is 4.79 Å². The van der Waals surface area contributed by atoms with E-state index in [4.69, 9.17) is 0 Å². The molecule has 3 rings (SSSR count). The summed E-state index contributed by atoms with van der Waals surface area (Å²) in [4.78, 5) is 12.4. The summed E-state index contributed by atoms with van der Waals surface area (Å²) in [5.74, 6) is -0.0775. The Labute approximate surface area is 131 Å². The van der Waals surface area contributed by atoms with Crippen LogP contribution in [0.1, 0.15) is 10.4 Å². The molecule has 98 valence electrons. The fourth-order valence-corrected chi connectivity index (χ4v) is 2.80. The first kappa shape index (κ1) is 13.1. The summed E-state index contributed by atoms with van der Waals surface area (Å²) in [5, 5.41) is 5.17. The maximum atomic E-state index is 12.4. The van der Waals surface area contributed by atoms with E-state index in [1.807, 2.05) is 66.7 Å². The summed E-state index contributed by atoms with van der Waals surface area (Å²) < 4.78 is 0.947. The Morgan fingerprint density at radius 2 is 1.55 bits per heavy atom. The zero-order valence-corrected chi connectivity index (χ0v) is 12.8. The molecule has 0 aliphatic heterocycles. The van der Waals surface area contributed by atoms with Crippen LogP contribution >= 0.6 is 22.6 Å². The Bertz CT molecular complexity index is 777. The molecule has 1 amide bonds. The number of halogens is 1. The van der Waals surface area contributed by atoms with Crippen molar-refractivity contribution in [2.75, 3.05) is 5.32 Å². The van der Waals surface area contributed by atoms with Crippen LogP contribution in [0.4, 0.5) is 5.69 Å². The predicted molar refractivity (Wildman–Crippen MR) is 91.1 cm³/mol. The molecule has 0 bridgehead atoms. The minimum atomic E-state index is -0.0775. The molecule has 3 heteroatoms. The van der Waals surface area contributed by atoms with Gasteiger partial charge in [0.15, 0.2) is 0 Å². The van der Waals surface area contributed by atoms with Crippen molar-refractivity contribution in [3.05, 3.63) is 75.9 Å². The lowest BCUT2D eigenvalue weighted by Crippen LogP contribution is -2.13. The third-order valence-electron chi connectivity index (χ3n) is 3.16. The second-order valence-electron chi connectivity index (χ2n) is 4.46. The van der Waals surface area contributed by atoms with Crippen molar-refractivity contribution in [1.82, 2.24) is 0 Å². The molecule has 0 unspecified atom stereocenters. The van der Waals surface area contributed by atoms with Gasteiger partial charge in [0.05, 0.1) is 5.56 Å². The molecule has 3 aromatic rings. The average Bonchev–Trinajstić information content (AvgIpc) is 2.48. The third kappa shape index (κ3) is 2.54. The first-order chi connectivity index (χ1) is 9.75. The molecule has 0 aromatic heterocycles. The zero-order valence-electron chi connectivity index (χ0n) is 10.6. The fraction of sp³-hybridized carbons (Fsp3) is 0. The number of nitrogens with one attached hydrogen (secondary N) is 1. The van der Waals surface area contributed by atoms with Crippen molar-refractivity contribution in [2.24, 2.45) is 0 Å². The van der Waals surface area contributed by atoms with Crippen LogP contribution in [0.5, 0.6) is 0 Å². The van der Waals surface area contributed by atoms with Gasteiger partial charge in [-0.25, -0.2) is 0 Å². The standard InChI is InChI=1S/C17H12INO/c18-15-10-4-3-9-14(15)17(20)19-16-11-5-7-12-6-1-2-8-13(12)16/h1-11H,(H,19,20). The first-order valence-corrected chi connectivity index (χ1v) is 7.37. The molecule has 0 heterocycles. The molecular formula is C17H12INO. The Kier molecular flexibility index (Phi) is 3.69. The molecule has 0 atom stereocenters. The van der Waals surface area contributed by atoms with Crippen molar-refractivity contribution in [3.63, 3.8) is 0 Å². The fourth-order valence-electron chi connectivity index (χ4n) is 2.17. The van der Waals surface area contributed by atoms with Crippen molar-refractivity contribution >= 4 is 45.0 Å². The number of fused-ring (bicyclic) bond motifs is 1. The molecule has 3 aromatic carbocycles. The van der Waals surface area contributed by atoms with Crippen molar-refractivity contribution in [1.29, 1.82) is 0 Å². The largest absolute Gasteiger partial charge is 0.321 e. The molecular weight excluding hydrogens is 361 g/mol. The number of carbonyl (C=O) groups excluding carboxylic acids is 1. The van der Waals surface area contributed by atoms with Crippen LogP contribution in [0.25, 0.3) is 10.8 Å². The summed E-state index contributed by atoms with van der Waals surface area (Å²) in [6, 6.07) is 21.5. The maximum Gasteiger partial charge on any atom is 0.256 e. The molecule has 0 fully saturated rings. The second kappa shape index (κ2) is 5.63. The van der Waals surface area contributed by atoms with E-state index in [1.165, 1.54) is 0 Å². The van der Waals surface area contributed by atoms with E-state index < -0.39 is 0 Å². The minimum Gasteiger partial charge on any atom is -0.321 e. The van der Waals surface area contributed by atoms with Gasteiger partial charge in [0.1, 0.15) is 0 Å². The number of hydrogen-bond acceptors (Lipinski definition) is 1. The van der Waals surface area contributed by atoms with Crippen molar-refractivity contribution in [3.8, 4) is 0 Å². The van der Waals surface area contributed by atoms with E-state index in [1.54, 1.807) is 0 Å². The summed E-state index contributed by atoms with van der Waals surface area (Å²) in [7, 11) is 0. The second-order valence-corrected chi connectivity index (χ2v) is 5.62. The average molecular weight is 373 g/mol. The molecule has 0 aliphatic rings. The lowest BCUT2D eigenvalue weighted by atomic mass is 10.1. The molecule has 0 aliphatic carbocycles. The highest BCUT2D eigenvalue weighted by atomic mass is 127. The summed E-state index contributed by atoms with van der Waals surface area (Å²) in [5.41, 5.74) is 1.54. The van der Waals surface area contributed by atoms with Crippen LogP contribution < -0.4 is 5.32 Å². The van der Waals surface area contributed by atoms with E-state index in [0.29, 0.717) is 5.56 Å². The Morgan fingerprint density at radius 1 is 0.850 bits per heavy atom. The number of carbonyl (C=O) groups is 1. The van der Waals surface area contributed by atoms with Gasteiger partial charge < -0.3 is 5.32 Å². The van der Waals surface area contributed by atoms with Crippen LogP contribution in [-0.4, -0.2) is 5.91 Å². The molecule has 0 saturated carbocycles. The van der Waals surface area contributed by atoms with Gasteiger partial charge in [-0.15, -0.1) is 0 Å². The van der Waals surface area contributed by atoms with Gasteiger partial charge in [0, 0.05) is 14.6 Å². The SMILES string of the molecule is O=C(Nc1cccc2ccccc12)c1ccccc1I. The van der Waals surface area contributed by atoms with Crippen LogP contribution in [0.15, 0.2) is 66.7 Å². The molecule has 0 saturated heterocycles. The zero-order chi connectivity index (χ0) is 13.9. The number of hydrogen-bond donors (Lipinski definition) is 1. The monoisotopic (exact) mass is 373 g/mol. The van der Waals surface area contributed by atoms with Gasteiger partial charge in [0.2, 0.25) is 0 Å². The van der Waals surface area contributed by atoms with Gasteiger partial charge in [0.25, 0.3) is 5.91 Å². The predicted octanol–water partition coefficient (Wildman–Crippen LogP) is 4.70. The maximum absolute atomic E-state index is 12.4. The lowest BCUT2D eigenvalue weighted by molar-refractivity contribution is 0.102. The van der Waals surface area contributed by atoms with E-state index >= 15 is 0 Å². The lowest BCUT2D eigenvalue weighted by Gasteiger charge is -2.09. The molecule has 2 nitrogen and oxygen atoms in total. The van der Waals surface area contributed by atoms with Gasteiger partial charge in [-0.2, -0.15) is 0 Å². The summed E-state index contributed by atoms with van der Waals surface area (Å²) in [6.45, 7) is 0. The van der Waals surface area contributed by atoms with E-state index in [2.05, 4.69) is 27.9 Å². The molecule has 20 heavy (non-hydrogen) atoms. The number of benzene rings is 3. The molecule has 1 N–H and O–H groups in total. The van der Waals surface area contributed by atoms with Crippen molar-refractivity contribution < 1.29 is 4.79 Å². The Balaban J connectivity index is 1.98. The van der Waals surface area contributed by atoms with Crippen LogP contribution in [-0.2, 0) is 0 Å². The Hall–Kier alpha value is -1.88. The van der Waals surface area contributed by atoms with E-state index in [-0.39, 0.29) is 5.91 Å². The normalized spacial score (nSPS) is 10.4. The highest BCUT2D eigenvalue weighted by Gasteiger charge is 2.10. The number of rotatable bonds is 2. The quantitative estimate of drug-likeness (QED) is 0.649. The highest BCUT2D eigenvalue weighted by molar-refractivity contribution is 14.1. The first-order valence-electron chi connectivity index (χ1n) is 6.29. The number of anilines is 1. The molecule has 0 radical (unpaired) electrons. The van der Waals surface area contributed by atoms with Gasteiger partial charge >= 0.3 is 0 Å². The van der Waals surface area contributed by atoms with Crippen molar-refractivity contribution in [2.45, 2.75) is 0 Å². The molecule has 0 spiro atoms. The summed E-state index contributed by atoms with van der Waals surface area (Å²) >= 11 is 2.18. The number of amides is 1. The van der Waals surface area contributed by atoms with E-state index in [0.717, 1.165) is 20.0 Å². The Morgan fingerprint density at radius 3 is 2.40 bits per heavy atom.